The molecule has 1 saturated carbocycles. The number of carbonyl (C=O) groups is 1. The zero-order chi connectivity index (χ0) is 23.4. The maximum Gasteiger partial charge on any atom is 0.224 e. The number of anilines is 1. The monoisotopic (exact) mass is 452 g/mol. The average Bonchev–Trinajstić information content (AvgIpc) is 3.13. The first-order chi connectivity index (χ1) is 15.9. The van der Waals surface area contributed by atoms with Crippen molar-refractivity contribution in [3.63, 3.8) is 0 Å². The average molecular weight is 453 g/mol. The van der Waals surface area contributed by atoms with Crippen LogP contribution in [0.15, 0.2) is 30.5 Å². The third-order valence-electron chi connectivity index (χ3n) is 6.54. The van der Waals surface area contributed by atoms with Gasteiger partial charge in [0.05, 0.1) is 5.39 Å². The Morgan fingerprint density at radius 2 is 1.97 bits per heavy atom. The molecule has 0 atom stereocenters. The van der Waals surface area contributed by atoms with E-state index >= 15 is 0 Å². The summed E-state index contributed by atoms with van der Waals surface area (Å²) in [6.07, 6.45) is 7.87. The Hall–Kier alpha value is -3.03. The predicted molar refractivity (Wildman–Crippen MR) is 128 cm³/mol. The van der Waals surface area contributed by atoms with Crippen molar-refractivity contribution in [3.8, 4) is 11.3 Å². The van der Waals surface area contributed by atoms with E-state index in [1.54, 1.807) is 19.1 Å². The number of benzene rings is 1. The van der Waals surface area contributed by atoms with Gasteiger partial charge < -0.3 is 10.6 Å². The smallest absolute Gasteiger partial charge is 0.224 e. The largest absolute Gasteiger partial charge is 0.354 e. The number of hydrogen-bond donors (Lipinski definition) is 2. The molecule has 3 aromatic rings. The molecule has 1 aliphatic rings. The Labute approximate surface area is 194 Å². The van der Waals surface area contributed by atoms with Crippen molar-refractivity contribution in [1.29, 1.82) is 0 Å². The van der Waals surface area contributed by atoms with Gasteiger partial charge in [0.2, 0.25) is 11.9 Å². The molecule has 1 fully saturated rings. The van der Waals surface area contributed by atoms with Gasteiger partial charge in [-0.2, -0.15) is 10.1 Å². The van der Waals surface area contributed by atoms with E-state index in [9.17, 15) is 9.18 Å². The summed E-state index contributed by atoms with van der Waals surface area (Å²) in [5, 5.41) is 12.2. The van der Waals surface area contributed by atoms with Crippen LogP contribution in [0.1, 0.15) is 59.3 Å². The van der Waals surface area contributed by atoms with Crippen LogP contribution in [0.3, 0.4) is 0 Å². The summed E-state index contributed by atoms with van der Waals surface area (Å²) in [6, 6.07) is 6.39. The summed E-state index contributed by atoms with van der Waals surface area (Å²) in [4.78, 5) is 20.8. The number of unbranched alkanes of at least 4 members (excludes halogenated alkanes) is 1. The highest BCUT2D eigenvalue weighted by atomic mass is 19.1. The molecular formula is C25H33FN6O. The molecule has 7 nitrogen and oxygen atoms in total. The van der Waals surface area contributed by atoms with E-state index in [4.69, 9.17) is 10.1 Å². The van der Waals surface area contributed by atoms with Crippen LogP contribution in [-0.2, 0) is 11.3 Å². The molecular weight excluding hydrogens is 419 g/mol. The molecule has 0 aliphatic heterocycles. The van der Waals surface area contributed by atoms with Gasteiger partial charge in [-0.05, 0) is 69.2 Å². The number of carbonyl (C=O) groups excluding carboxylic acids is 1. The number of rotatable bonds is 8. The molecule has 0 bridgehead atoms. The van der Waals surface area contributed by atoms with Gasteiger partial charge in [0.25, 0.3) is 0 Å². The number of halogens is 1. The van der Waals surface area contributed by atoms with Gasteiger partial charge in [-0.25, -0.2) is 14.1 Å². The molecule has 0 saturated heterocycles. The van der Waals surface area contributed by atoms with Gasteiger partial charge in [-0.15, -0.1) is 0 Å². The second-order valence-electron chi connectivity index (χ2n) is 9.43. The predicted octanol–water partition coefficient (Wildman–Crippen LogP) is 4.93. The molecule has 4 rings (SSSR count). The molecule has 1 aromatic carbocycles. The number of hydrogen-bond acceptors (Lipinski definition) is 5. The Morgan fingerprint density at radius 1 is 1.24 bits per heavy atom. The lowest BCUT2D eigenvalue weighted by atomic mass is 9.77. The first kappa shape index (κ1) is 23.1. The lowest BCUT2D eigenvalue weighted by Crippen LogP contribution is -2.47. The molecule has 0 unspecified atom stereocenters. The Kier molecular flexibility index (Phi) is 6.91. The Morgan fingerprint density at radius 3 is 2.64 bits per heavy atom. The quantitative estimate of drug-likeness (QED) is 0.474. The number of nitrogens with zero attached hydrogens (tertiary/aromatic N) is 4. The van der Waals surface area contributed by atoms with E-state index in [1.807, 2.05) is 10.9 Å². The fraction of sp³-hybridized carbons (Fsp3) is 0.520. The van der Waals surface area contributed by atoms with E-state index in [0.29, 0.717) is 11.9 Å². The molecule has 2 N–H and O–H groups in total. The van der Waals surface area contributed by atoms with Crippen molar-refractivity contribution in [1.82, 2.24) is 25.1 Å². The Bertz CT molecular complexity index is 1100. The van der Waals surface area contributed by atoms with Crippen LogP contribution >= 0.6 is 0 Å². The number of nitrogens with one attached hydrogen (secondary N) is 2. The van der Waals surface area contributed by atoms with E-state index in [1.165, 1.54) is 12.1 Å². The molecule has 176 valence electrons. The second-order valence-corrected chi connectivity index (χ2v) is 9.43. The van der Waals surface area contributed by atoms with E-state index in [-0.39, 0.29) is 17.3 Å². The summed E-state index contributed by atoms with van der Waals surface area (Å²) < 4.78 is 15.5. The number of aromatic nitrogens is 4. The van der Waals surface area contributed by atoms with Crippen LogP contribution in [0.4, 0.5) is 10.3 Å². The summed E-state index contributed by atoms with van der Waals surface area (Å²) in [5.41, 5.74) is 2.27. The maximum atomic E-state index is 13.5. The maximum absolute atomic E-state index is 13.5. The molecule has 0 spiro atoms. The van der Waals surface area contributed by atoms with E-state index in [0.717, 1.165) is 73.9 Å². The van der Waals surface area contributed by atoms with Crippen molar-refractivity contribution in [3.05, 3.63) is 36.3 Å². The molecule has 2 aromatic heterocycles. The third kappa shape index (κ3) is 5.49. The lowest BCUT2D eigenvalue weighted by molar-refractivity contribution is -0.121. The summed E-state index contributed by atoms with van der Waals surface area (Å²) in [5.74, 6) is 0.801. The highest BCUT2D eigenvalue weighted by Gasteiger charge is 2.32. The fourth-order valence-electron chi connectivity index (χ4n) is 4.66. The van der Waals surface area contributed by atoms with E-state index in [2.05, 4.69) is 29.5 Å². The van der Waals surface area contributed by atoms with Crippen molar-refractivity contribution >= 4 is 22.9 Å². The normalized spacial score (nSPS) is 20.7. The highest BCUT2D eigenvalue weighted by molar-refractivity contribution is 5.91. The molecule has 1 aliphatic carbocycles. The Balaban J connectivity index is 1.61. The van der Waals surface area contributed by atoms with Crippen LogP contribution in [0, 0.1) is 11.7 Å². The van der Waals surface area contributed by atoms with Gasteiger partial charge in [0.15, 0.2) is 5.65 Å². The second kappa shape index (κ2) is 9.85. The van der Waals surface area contributed by atoms with Crippen molar-refractivity contribution in [2.75, 3.05) is 11.9 Å². The molecule has 2 heterocycles. The number of amides is 1. The summed E-state index contributed by atoms with van der Waals surface area (Å²) >= 11 is 0. The minimum atomic E-state index is -0.273. The van der Waals surface area contributed by atoms with Crippen LogP contribution in [-0.4, -0.2) is 37.7 Å². The van der Waals surface area contributed by atoms with Gasteiger partial charge in [-0.1, -0.05) is 13.3 Å². The highest BCUT2D eigenvalue weighted by Crippen LogP contribution is 2.34. The lowest BCUT2D eigenvalue weighted by Gasteiger charge is -2.37. The van der Waals surface area contributed by atoms with Gasteiger partial charge in [0, 0.05) is 37.3 Å². The molecule has 1 amide bonds. The zero-order valence-corrected chi connectivity index (χ0v) is 19.7. The van der Waals surface area contributed by atoms with Crippen molar-refractivity contribution in [2.45, 2.75) is 71.4 Å². The fourth-order valence-corrected chi connectivity index (χ4v) is 4.66. The molecule has 8 heteroatoms. The summed E-state index contributed by atoms with van der Waals surface area (Å²) in [7, 11) is 0. The van der Waals surface area contributed by atoms with E-state index < -0.39 is 0 Å². The molecule has 33 heavy (non-hydrogen) atoms. The minimum absolute atomic E-state index is 0.0257. The van der Waals surface area contributed by atoms with Crippen LogP contribution < -0.4 is 10.6 Å². The first-order valence-corrected chi connectivity index (χ1v) is 11.9. The SMILES string of the molecule is CCCCNc1ncc2c(-c3ccc(F)cc3)nn(CC3CCC(C)(NC(C)=O)CC3)c2n1. The van der Waals surface area contributed by atoms with Crippen LogP contribution in [0.25, 0.3) is 22.3 Å². The topological polar surface area (TPSA) is 84.7 Å². The van der Waals surface area contributed by atoms with Crippen molar-refractivity contribution in [2.24, 2.45) is 5.92 Å². The van der Waals surface area contributed by atoms with Crippen LogP contribution in [0.2, 0.25) is 0 Å². The number of fused-ring (bicyclic) bond motifs is 1. The molecule has 0 radical (unpaired) electrons. The zero-order valence-electron chi connectivity index (χ0n) is 19.7. The first-order valence-electron chi connectivity index (χ1n) is 11.9. The standard InChI is InChI=1S/C25H33FN6O/c1-4-5-14-27-24-28-15-21-22(19-6-8-20(26)9-7-19)31-32(23(21)29-24)16-18-10-12-25(3,13-11-18)30-17(2)33/h6-9,15,18H,4-5,10-14,16H2,1-3H3,(H,30,33)(H,27,28,29). The summed E-state index contributed by atoms with van der Waals surface area (Å²) in [6.45, 7) is 7.43. The van der Waals surface area contributed by atoms with Crippen molar-refractivity contribution < 1.29 is 9.18 Å². The van der Waals surface area contributed by atoms with Gasteiger partial charge in [-0.3, -0.25) is 4.79 Å². The minimum Gasteiger partial charge on any atom is -0.354 e. The van der Waals surface area contributed by atoms with Crippen LogP contribution in [0.5, 0.6) is 0 Å². The third-order valence-corrected chi connectivity index (χ3v) is 6.54. The van der Waals surface area contributed by atoms with Gasteiger partial charge >= 0.3 is 0 Å². The van der Waals surface area contributed by atoms with Gasteiger partial charge in [0.1, 0.15) is 11.5 Å².